The molecule has 0 aliphatic rings. The number of halogens is 1. The number of benzene rings is 2. The molecule has 2 aromatic carbocycles. The summed E-state index contributed by atoms with van der Waals surface area (Å²) >= 11 is 4.90. The van der Waals surface area contributed by atoms with Crippen molar-refractivity contribution < 1.29 is 0 Å². The Hall–Kier alpha value is -1.59. The molecule has 2 N–H and O–H groups in total. The molecule has 24 heavy (non-hydrogen) atoms. The van der Waals surface area contributed by atoms with E-state index in [4.69, 9.17) is 5.73 Å². The average molecular weight is 404 g/mol. The first-order chi connectivity index (χ1) is 11.5. The van der Waals surface area contributed by atoms with Crippen LogP contribution in [0.2, 0.25) is 0 Å². The van der Waals surface area contributed by atoms with Gasteiger partial charge in [-0.1, -0.05) is 77.9 Å². The van der Waals surface area contributed by atoms with Crippen molar-refractivity contribution in [1.29, 1.82) is 0 Å². The zero-order chi connectivity index (χ0) is 17.4. The van der Waals surface area contributed by atoms with E-state index in [1.54, 1.807) is 6.21 Å². The molecule has 0 fully saturated rings. The van der Waals surface area contributed by atoms with Crippen molar-refractivity contribution in [2.45, 2.75) is 26.0 Å². The number of nitrogens with zero attached hydrogens (tertiary/aromatic N) is 2. The molecule has 0 aliphatic carbocycles. The van der Waals surface area contributed by atoms with Gasteiger partial charge < -0.3 is 5.73 Å². The van der Waals surface area contributed by atoms with Crippen molar-refractivity contribution in [2.24, 2.45) is 21.9 Å². The predicted octanol–water partition coefficient (Wildman–Crippen LogP) is 5.23. The molecule has 0 saturated carbocycles. The highest BCUT2D eigenvalue weighted by Crippen LogP contribution is 2.16. The lowest BCUT2D eigenvalue weighted by atomic mass is 10.0. The average Bonchev–Trinajstić information content (AvgIpc) is 2.55. The molecule has 0 radical (unpaired) electrons. The Balaban J connectivity index is 1.84. The van der Waals surface area contributed by atoms with Crippen molar-refractivity contribution in [1.82, 2.24) is 0 Å². The monoisotopic (exact) mass is 403 g/mol. The minimum atomic E-state index is 0.464. The van der Waals surface area contributed by atoms with Gasteiger partial charge in [0, 0.05) is 10.2 Å². The summed E-state index contributed by atoms with van der Waals surface area (Å²) in [5.41, 5.74) is 9.45. The van der Waals surface area contributed by atoms with E-state index < -0.39 is 0 Å². The van der Waals surface area contributed by atoms with Crippen LogP contribution in [0.3, 0.4) is 0 Å². The van der Waals surface area contributed by atoms with Crippen LogP contribution in [0, 0.1) is 5.92 Å². The lowest BCUT2D eigenvalue weighted by molar-refractivity contribution is 0.647. The molecule has 0 aromatic heterocycles. The SMILES string of the molecule is CC(C)Cc1ccc(/C=N/N=C(N)SCc2ccc(Br)cc2)cc1. The molecule has 0 amide bonds. The quantitative estimate of drug-likeness (QED) is 0.407. The number of rotatable bonds is 6. The molecule has 0 unspecified atom stereocenters. The van der Waals surface area contributed by atoms with Crippen LogP contribution < -0.4 is 5.73 Å². The third-order valence-electron chi connectivity index (χ3n) is 3.29. The maximum atomic E-state index is 5.88. The maximum absolute atomic E-state index is 5.88. The second-order valence-electron chi connectivity index (χ2n) is 5.94. The van der Waals surface area contributed by atoms with Crippen LogP contribution in [-0.4, -0.2) is 11.4 Å². The Labute approximate surface area is 156 Å². The third-order valence-corrected chi connectivity index (χ3v) is 4.67. The molecule has 0 saturated heterocycles. The van der Waals surface area contributed by atoms with E-state index in [2.05, 4.69) is 76.4 Å². The van der Waals surface area contributed by atoms with Crippen molar-refractivity contribution >= 4 is 39.1 Å². The van der Waals surface area contributed by atoms with E-state index in [9.17, 15) is 0 Å². The molecule has 2 aromatic rings. The molecule has 0 heterocycles. The van der Waals surface area contributed by atoms with Crippen molar-refractivity contribution in [3.05, 3.63) is 69.7 Å². The minimum absolute atomic E-state index is 0.464. The standard InChI is InChI=1S/C19H22BrN3S/c1-14(2)11-15-3-5-16(6-4-15)12-22-23-19(21)24-13-17-7-9-18(20)10-8-17/h3-10,12,14H,11,13H2,1-2H3,(H2,21,23)/b22-12+. The summed E-state index contributed by atoms with van der Waals surface area (Å²) in [5.74, 6) is 1.44. The predicted molar refractivity (Wildman–Crippen MR) is 110 cm³/mol. The van der Waals surface area contributed by atoms with Gasteiger partial charge in [0.05, 0.1) is 6.21 Å². The van der Waals surface area contributed by atoms with Crippen molar-refractivity contribution in [2.75, 3.05) is 0 Å². The van der Waals surface area contributed by atoms with E-state index in [0.717, 1.165) is 22.2 Å². The van der Waals surface area contributed by atoms with Crippen LogP contribution >= 0.6 is 27.7 Å². The van der Waals surface area contributed by atoms with Gasteiger partial charge in [0.15, 0.2) is 5.17 Å². The highest BCUT2D eigenvalue weighted by molar-refractivity contribution is 9.10. The molecule has 0 aliphatic heterocycles. The number of nitrogens with two attached hydrogens (primary N) is 1. The van der Waals surface area contributed by atoms with Gasteiger partial charge in [-0.25, -0.2) is 0 Å². The molecular formula is C19H22BrN3S. The normalized spacial score (nSPS) is 12.2. The molecule has 0 bridgehead atoms. The summed E-state index contributed by atoms with van der Waals surface area (Å²) in [6, 6.07) is 16.5. The van der Waals surface area contributed by atoms with E-state index in [1.165, 1.54) is 22.9 Å². The van der Waals surface area contributed by atoms with E-state index >= 15 is 0 Å². The summed E-state index contributed by atoms with van der Waals surface area (Å²) in [7, 11) is 0. The third kappa shape index (κ3) is 6.89. The molecule has 126 valence electrons. The van der Waals surface area contributed by atoms with Gasteiger partial charge in [-0.2, -0.15) is 5.10 Å². The second kappa shape index (κ2) is 9.64. The van der Waals surface area contributed by atoms with Crippen LogP contribution in [0.1, 0.15) is 30.5 Å². The number of thioether (sulfide) groups is 1. The molecule has 5 heteroatoms. The fraction of sp³-hybridized carbons (Fsp3) is 0.263. The first-order valence-electron chi connectivity index (χ1n) is 7.85. The fourth-order valence-corrected chi connectivity index (χ4v) is 3.01. The number of hydrogen-bond donors (Lipinski definition) is 1. The van der Waals surface area contributed by atoms with E-state index in [0.29, 0.717) is 11.1 Å². The Morgan fingerprint density at radius 3 is 2.33 bits per heavy atom. The van der Waals surface area contributed by atoms with Gasteiger partial charge >= 0.3 is 0 Å². The molecular weight excluding hydrogens is 382 g/mol. The molecule has 0 spiro atoms. The summed E-state index contributed by atoms with van der Waals surface area (Å²) in [5, 5.41) is 8.57. The smallest absolute Gasteiger partial charge is 0.180 e. The van der Waals surface area contributed by atoms with Gasteiger partial charge in [-0.3, -0.25) is 0 Å². The Morgan fingerprint density at radius 1 is 1.08 bits per heavy atom. The topological polar surface area (TPSA) is 50.7 Å². The van der Waals surface area contributed by atoms with Crippen LogP contribution in [0.4, 0.5) is 0 Å². The highest BCUT2D eigenvalue weighted by Gasteiger charge is 1.98. The lowest BCUT2D eigenvalue weighted by Crippen LogP contribution is -2.06. The van der Waals surface area contributed by atoms with Gasteiger partial charge in [-0.05, 0) is 41.2 Å². The Kier molecular flexibility index (Phi) is 7.53. The first kappa shape index (κ1) is 18.7. The molecule has 2 rings (SSSR count). The Morgan fingerprint density at radius 2 is 1.71 bits per heavy atom. The number of hydrogen-bond acceptors (Lipinski definition) is 3. The van der Waals surface area contributed by atoms with Gasteiger partial charge in [0.1, 0.15) is 0 Å². The summed E-state index contributed by atoms with van der Waals surface area (Å²) in [4.78, 5) is 0. The second-order valence-corrected chi connectivity index (χ2v) is 7.85. The van der Waals surface area contributed by atoms with Crippen LogP contribution in [0.15, 0.2) is 63.2 Å². The van der Waals surface area contributed by atoms with Crippen molar-refractivity contribution in [3.8, 4) is 0 Å². The van der Waals surface area contributed by atoms with E-state index in [1.807, 2.05) is 12.1 Å². The molecule has 3 nitrogen and oxygen atoms in total. The summed E-state index contributed by atoms with van der Waals surface area (Å²) < 4.78 is 1.07. The Bertz CT molecular complexity index is 692. The summed E-state index contributed by atoms with van der Waals surface area (Å²) in [6.45, 7) is 4.44. The van der Waals surface area contributed by atoms with E-state index in [-0.39, 0.29) is 0 Å². The molecule has 0 atom stereocenters. The van der Waals surface area contributed by atoms with Crippen LogP contribution in [0.25, 0.3) is 0 Å². The van der Waals surface area contributed by atoms with Crippen LogP contribution in [-0.2, 0) is 12.2 Å². The summed E-state index contributed by atoms with van der Waals surface area (Å²) in [6.07, 6.45) is 2.82. The van der Waals surface area contributed by atoms with Crippen LogP contribution in [0.5, 0.6) is 0 Å². The first-order valence-corrected chi connectivity index (χ1v) is 9.63. The highest BCUT2D eigenvalue weighted by atomic mass is 79.9. The van der Waals surface area contributed by atoms with Gasteiger partial charge in [0.2, 0.25) is 0 Å². The minimum Gasteiger partial charge on any atom is -0.377 e. The van der Waals surface area contributed by atoms with Gasteiger partial charge in [0.25, 0.3) is 0 Å². The number of amidine groups is 1. The lowest BCUT2D eigenvalue weighted by Gasteiger charge is -2.04. The largest absolute Gasteiger partial charge is 0.377 e. The maximum Gasteiger partial charge on any atom is 0.180 e. The fourth-order valence-electron chi connectivity index (χ4n) is 2.13. The zero-order valence-corrected chi connectivity index (χ0v) is 16.3. The van der Waals surface area contributed by atoms with Gasteiger partial charge in [-0.15, -0.1) is 5.10 Å². The van der Waals surface area contributed by atoms with Crippen molar-refractivity contribution in [3.63, 3.8) is 0 Å². The zero-order valence-electron chi connectivity index (χ0n) is 13.9.